The van der Waals surface area contributed by atoms with Crippen molar-refractivity contribution in [3.05, 3.63) is 69.8 Å². The minimum absolute atomic E-state index is 0.276. The summed E-state index contributed by atoms with van der Waals surface area (Å²) in [6.07, 6.45) is 0.911. The van der Waals surface area contributed by atoms with E-state index in [-0.39, 0.29) is 12.4 Å². The zero-order valence-electron chi connectivity index (χ0n) is 19.2. The molecule has 7 heteroatoms. The highest BCUT2D eigenvalue weighted by Gasteiger charge is 2.38. The Balaban J connectivity index is 2.06. The smallest absolute Gasteiger partial charge is 0.157 e. The molecule has 0 saturated carbocycles. The summed E-state index contributed by atoms with van der Waals surface area (Å²) in [4.78, 5) is 6.59. The average molecular weight is 461 g/mol. The maximum absolute atomic E-state index is 14.1. The van der Waals surface area contributed by atoms with Crippen LogP contribution in [0.15, 0.2) is 47.8 Å². The van der Waals surface area contributed by atoms with Crippen molar-refractivity contribution in [2.45, 2.75) is 38.0 Å². The molecule has 0 amide bonds. The lowest BCUT2D eigenvalue weighted by Gasteiger charge is -2.31. The number of aryl methyl sites for hydroxylation is 1. The molecule has 0 bridgehead atoms. The Kier molecular flexibility index (Phi) is 7.32. The van der Waals surface area contributed by atoms with Crippen molar-refractivity contribution in [2.75, 3.05) is 27.7 Å². The number of methoxy groups -OCH3 is 1. The second kappa shape index (κ2) is 9.65. The molecule has 0 saturated heterocycles. The van der Waals surface area contributed by atoms with Gasteiger partial charge in [0.25, 0.3) is 0 Å². The van der Waals surface area contributed by atoms with Crippen LogP contribution in [-0.2, 0) is 12.0 Å². The summed E-state index contributed by atoms with van der Waals surface area (Å²) in [7, 11) is 5.31. The second-order valence-electron chi connectivity index (χ2n) is 8.90. The molecule has 1 unspecified atom stereocenters. The predicted octanol–water partition coefficient (Wildman–Crippen LogP) is 5.44. The molecule has 0 aliphatic carbocycles. The Morgan fingerprint density at radius 1 is 1.12 bits per heavy atom. The van der Waals surface area contributed by atoms with Crippen molar-refractivity contribution < 1.29 is 18.6 Å². The van der Waals surface area contributed by atoms with E-state index >= 15 is 0 Å². The van der Waals surface area contributed by atoms with E-state index in [9.17, 15) is 13.9 Å². The average Bonchev–Trinajstić information content (AvgIpc) is 3.22. The molecule has 1 atom stereocenters. The fourth-order valence-electron chi connectivity index (χ4n) is 3.62. The van der Waals surface area contributed by atoms with Gasteiger partial charge in [-0.2, -0.15) is 0 Å². The zero-order valence-corrected chi connectivity index (χ0v) is 20.0. The number of nitrogens with zero attached hydrogens (tertiary/aromatic N) is 2. The quantitative estimate of drug-likeness (QED) is 0.462. The molecule has 2 aromatic carbocycles. The summed E-state index contributed by atoms with van der Waals surface area (Å²) in [5.41, 5.74) is 0.212. The molecule has 1 N–H and O–H groups in total. The molecule has 0 spiro atoms. The molecule has 4 nitrogen and oxygen atoms in total. The van der Waals surface area contributed by atoms with Crippen LogP contribution in [0.5, 0.6) is 5.75 Å². The number of hydrogen-bond acceptors (Lipinski definition) is 5. The van der Waals surface area contributed by atoms with Crippen LogP contribution in [0, 0.1) is 5.82 Å². The first-order valence-corrected chi connectivity index (χ1v) is 11.4. The van der Waals surface area contributed by atoms with Crippen molar-refractivity contribution >= 4 is 11.3 Å². The minimum Gasteiger partial charge on any atom is -0.496 e. The lowest BCUT2D eigenvalue weighted by molar-refractivity contribution is 0.0488. The third kappa shape index (κ3) is 5.71. The van der Waals surface area contributed by atoms with Crippen LogP contribution in [0.4, 0.5) is 8.78 Å². The van der Waals surface area contributed by atoms with E-state index in [1.807, 2.05) is 42.6 Å². The highest BCUT2D eigenvalue weighted by Crippen LogP contribution is 2.40. The van der Waals surface area contributed by atoms with Crippen molar-refractivity contribution in [1.29, 1.82) is 0 Å². The van der Waals surface area contributed by atoms with Crippen molar-refractivity contribution in [1.82, 2.24) is 9.88 Å². The van der Waals surface area contributed by atoms with Gasteiger partial charge in [0, 0.05) is 23.1 Å². The number of benzene rings is 2. The first-order valence-electron chi connectivity index (χ1n) is 10.5. The Bertz CT molecular complexity index is 1040. The van der Waals surface area contributed by atoms with Crippen LogP contribution in [0.2, 0.25) is 0 Å². The largest absolute Gasteiger partial charge is 0.496 e. The van der Waals surface area contributed by atoms with Crippen LogP contribution < -0.4 is 4.74 Å². The molecule has 3 aromatic rings. The van der Waals surface area contributed by atoms with Gasteiger partial charge in [-0.25, -0.2) is 13.8 Å². The molecule has 1 heterocycles. The first kappa shape index (κ1) is 24.3. The third-order valence-electron chi connectivity index (χ3n) is 5.26. The van der Waals surface area contributed by atoms with Gasteiger partial charge in [0.05, 0.1) is 12.8 Å². The minimum atomic E-state index is -1.45. The molecular weight excluding hydrogens is 430 g/mol. The molecular formula is C25H30F2N2O2S. The van der Waals surface area contributed by atoms with Gasteiger partial charge in [-0.15, -0.1) is 11.3 Å². The number of hydrogen-bond donors (Lipinski definition) is 1. The summed E-state index contributed by atoms with van der Waals surface area (Å²) in [6.45, 7) is 3.40. The van der Waals surface area contributed by atoms with Gasteiger partial charge in [-0.3, -0.25) is 0 Å². The Morgan fingerprint density at radius 2 is 1.81 bits per heavy atom. The molecule has 3 rings (SSSR count). The number of halogens is 2. The van der Waals surface area contributed by atoms with Gasteiger partial charge < -0.3 is 14.7 Å². The molecule has 0 aliphatic heterocycles. The van der Waals surface area contributed by atoms with Gasteiger partial charge in [-0.1, -0.05) is 6.07 Å². The highest BCUT2D eigenvalue weighted by molar-refractivity contribution is 7.10. The lowest BCUT2D eigenvalue weighted by Crippen LogP contribution is -2.39. The highest BCUT2D eigenvalue weighted by atomic mass is 32.1. The van der Waals surface area contributed by atoms with Crippen LogP contribution in [0.3, 0.4) is 0 Å². The lowest BCUT2D eigenvalue weighted by atomic mass is 9.89. The van der Waals surface area contributed by atoms with E-state index in [1.54, 1.807) is 33.1 Å². The first-order chi connectivity index (χ1) is 15.0. The van der Waals surface area contributed by atoms with E-state index < -0.39 is 11.3 Å². The Hall–Kier alpha value is -2.35. The molecule has 0 aliphatic rings. The molecule has 172 valence electrons. The number of likely N-dealkylation sites (N-methyl/N-ethyl adjacent to an activating group) is 1. The number of alkyl halides is 1. The SMILES string of the molecule is COc1ccc(CCC(C)(C)F)cc1C(O)(CN(C)C)c1nc(-c2ccc(F)cc2)cs1. The van der Waals surface area contributed by atoms with E-state index in [4.69, 9.17) is 9.72 Å². The third-order valence-corrected chi connectivity index (χ3v) is 6.25. The van der Waals surface area contributed by atoms with Crippen molar-refractivity contribution in [2.24, 2.45) is 0 Å². The standard InChI is InChI=1S/C25H30F2N2O2S/c1-24(2,27)13-12-17-6-11-22(31-5)20(14-17)25(30,16-29(3)4)23-28-21(15-32-23)18-7-9-19(26)10-8-18/h6-11,14-15,30H,12-13,16H2,1-5H3. The molecule has 0 fully saturated rings. The Morgan fingerprint density at radius 3 is 2.41 bits per heavy atom. The number of aliphatic hydroxyl groups is 1. The molecule has 0 radical (unpaired) electrons. The predicted molar refractivity (Wildman–Crippen MR) is 126 cm³/mol. The van der Waals surface area contributed by atoms with Gasteiger partial charge in [0.2, 0.25) is 0 Å². The van der Waals surface area contributed by atoms with E-state index in [0.29, 0.717) is 34.9 Å². The Labute approximate surface area is 192 Å². The normalized spacial score (nSPS) is 13.9. The van der Waals surface area contributed by atoms with Gasteiger partial charge in [0.15, 0.2) is 5.60 Å². The summed E-state index contributed by atoms with van der Waals surface area (Å²) in [6, 6.07) is 11.7. The van der Waals surface area contributed by atoms with Gasteiger partial charge >= 0.3 is 0 Å². The van der Waals surface area contributed by atoms with Gasteiger partial charge in [0.1, 0.15) is 22.2 Å². The number of thiazole rings is 1. The number of aromatic nitrogens is 1. The summed E-state index contributed by atoms with van der Waals surface area (Å²) < 4.78 is 33.0. The van der Waals surface area contributed by atoms with Crippen LogP contribution in [-0.4, -0.2) is 48.4 Å². The zero-order chi connectivity index (χ0) is 23.5. The van der Waals surface area contributed by atoms with Crippen LogP contribution in [0.1, 0.15) is 36.4 Å². The topological polar surface area (TPSA) is 45.6 Å². The van der Waals surface area contributed by atoms with Crippen LogP contribution in [0.25, 0.3) is 11.3 Å². The van der Waals surface area contributed by atoms with Crippen molar-refractivity contribution in [3.63, 3.8) is 0 Å². The van der Waals surface area contributed by atoms with Gasteiger partial charge in [-0.05, 0) is 82.7 Å². The monoisotopic (exact) mass is 460 g/mol. The second-order valence-corrected chi connectivity index (χ2v) is 9.75. The fraction of sp³-hybridized carbons (Fsp3) is 0.400. The van der Waals surface area contributed by atoms with Crippen LogP contribution >= 0.6 is 11.3 Å². The number of rotatable bonds is 9. The number of ether oxygens (including phenoxy) is 1. The maximum Gasteiger partial charge on any atom is 0.157 e. The molecule has 32 heavy (non-hydrogen) atoms. The maximum atomic E-state index is 14.1. The van der Waals surface area contributed by atoms with Crippen molar-refractivity contribution in [3.8, 4) is 17.0 Å². The summed E-state index contributed by atoms with van der Waals surface area (Å²) >= 11 is 1.34. The summed E-state index contributed by atoms with van der Waals surface area (Å²) in [5.74, 6) is 0.225. The fourth-order valence-corrected chi connectivity index (χ4v) is 4.55. The van der Waals surface area contributed by atoms with E-state index in [2.05, 4.69) is 0 Å². The molecule has 1 aromatic heterocycles. The summed E-state index contributed by atoms with van der Waals surface area (Å²) in [5, 5.41) is 14.3. The van der Waals surface area contributed by atoms with E-state index in [0.717, 1.165) is 11.1 Å². The van der Waals surface area contributed by atoms with E-state index in [1.165, 1.54) is 23.5 Å².